The van der Waals surface area contributed by atoms with Crippen molar-refractivity contribution in [2.24, 2.45) is 0 Å². The molecule has 66 valence electrons. The Balaban J connectivity index is 2.84. The molecule has 0 atom stereocenters. The largest absolute Gasteiger partial charge is 0.459 e. The van der Waals surface area contributed by atoms with Crippen LogP contribution >= 0.6 is 0 Å². The number of pyridine rings is 1. The number of carbonyl (C=O) groups is 1. The molecule has 1 aromatic heterocycles. The number of aromatic nitrogens is 1. The van der Waals surface area contributed by atoms with Gasteiger partial charge in [0.1, 0.15) is 0 Å². The second-order valence-electron chi connectivity index (χ2n) is 2.18. The summed E-state index contributed by atoms with van der Waals surface area (Å²) in [5.74, 6) is 4.16. The van der Waals surface area contributed by atoms with Crippen molar-refractivity contribution in [3.05, 3.63) is 34.2 Å². The molecule has 0 saturated heterocycles. The number of H-pyrrole nitrogens is 1. The van der Waals surface area contributed by atoms with Crippen LogP contribution in [0.15, 0.2) is 23.1 Å². The zero-order valence-electron chi connectivity index (χ0n) is 6.96. The Hall–Kier alpha value is -2.02. The van der Waals surface area contributed by atoms with Crippen LogP contribution in [0.1, 0.15) is 5.56 Å². The van der Waals surface area contributed by atoms with Crippen molar-refractivity contribution in [1.29, 1.82) is 0 Å². The molecule has 13 heavy (non-hydrogen) atoms. The molecule has 0 aliphatic heterocycles. The van der Waals surface area contributed by atoms with Gasteiger partial charge in [0.05, 0.1) is 7.11 Å². The lowest BCUT2D eigenvalue weighted by atomic mass is 10.3. The van der Waals surface area contributed by atoms with Crippen LogP contribution in [-0.2, 0) is 9.53 Å². The molecule has 0 aromatic carbocycles. The van der Waals surface area contributed by atoms with Gasteiger partial charge in [0, 0.05) is 23.7 Å². The smallest absolute Gasteiger partial charge is 0.384 e. The fourth-order valence-corrected chi connectivity index (χ4v) is 0.663. The molecule has 1 rings (SSSR count). The van der Waals surface area contributed by atoms with Crippen molar-refractivity contribution in [1.82, 2.24) is 4.98 Å². The lowest BCUT2D eigenvalue weighted by molar-refractivity contribution is -0.133. The average Bonchev–Trinajstić information content (AvgIpc) is 2.16. The van der Waals surface area contributed by atoms with E-state index < -0.39 is 5.97 Å². The maximum atomic E-state index is 10.6. The van der Waals surface area contributed by atoms with Crippen LogP contribution in [-0.4, -0.2) is 18.1 Å². The van der Waals surface area contributed by atoms with E-state index in [1.165, 1.54) is 25.4 Å². The van der Waals surface area contributed by atoms with E-state index in [0.717, 1.165) is 0 Å². The fraction of sp³-hybridized carbons (Fsp3) is 0.111. The molecule has 1 aromatic rings. The Morgan fingerprint density at radius 2 is 2.31 bits per heavy atom. The Kier molecular flexibility index (Phi) is 2.87. The number of nitrogens with one attached hydrogen (secondary N) is 1. The zero-order valence-corrected chi connectivity index (χ0v) is 6.96. The van der Waals surface area contributed by atoms with Crippen molar-refractivity contribution in [2.75, 3.05) is 7.11 Å². The fourth-order valence-electron chi connectivity index (χ4n) is 0.663. The summed E-state index contributed by atoms with van der Waals surface area (Å²) >= 11 is 0. The van der Waals surface area contributed by atoms with E-state index in [1.807, 2.05) is 0 Å². The quantitative estimate of drug-likeness (QED) is 0.444. The molecule has 0 aliphatic rings. The number of esters is 1. The van der Waals surface area contributed by atoms with Gasteiger partial charge in [-0.15, -0.1) is 0 Å². The minimum atomic E-state index is -0.605. The van der Waals surface area contributed by atoms with Crippen LogP contribution in [0.3, 0.4) is 0 Å². The highest BCUT2D eigenvalue weighted by Gasteiger charge is 1.90. The van der Waals surface area contributed by atoms with Crippen molar-refractivity contribution < 1.29 is 9.53 Å². The first kappa shape index (κ1) is 9.07. The topological polar surface area (TPSA) is 59.2 Å². The highest BCUT2D eigenvalue weighted by atomic mass is 16.5. The molecule has 0 bridgehead atoms. The summed E-state index contributed by atoms with van der Waals surface area (Å²) < 4.78 is 4.31. The van der Waals surface area contributed by atoms with Gasteiger partial charge in [-0.1, -0.05) is 5.92 Å². The third kappa shape index (κ3) is 2.83. The van der Waals surface area contributed by atoms with Crippen LogP contribution in [0, 0.1) is 11.8 Å². The Morgan fingerprint density at radius 3 is 2.85 bits per heavy atom. The first-order valence-electron chi connectivity index (χ1n) is 3.51. The maximum Gasteiger partial charge on any atom is 0.384 e. The van der Waals surface area contributed by atoms with Gasteiger partial charge in [-0.25, -0.2) is 4.79 Å². The SMILES string of the molecule is COC(=O)C#Cc1ccc(=O)[nH]c1. The summed E-state index contributed by atoms with van der Waals surface area (Å²) in [7, 11) is 1.25. The number of rotatable bonds is 0. The van der Waals surface area contributed by atoms with Crippen LogP contribution in [0.5, 0.6) is 0 Å². The predicted molar refractivity (Wildman–Crippen MR) is 46.0 cm³/mol. The molecule has 0 unspecified atom stereocenters. The van der Waals surface area contributed by atoms with Crippen molar-refractivity contribution >= 4 is 5.97 Å². The summed E-state index contributed by atoms with van der Waals surface area (Å²) in [4.78, 5) is 23.6. The van der Waals surface area contributed by atoms with Crippen molar-refractivity contribution in [2.45, 2.75) is 0 Å². The second-order valence-corrected chi connectivity index (χ2v) is 2.18. The highest BCUT2D eigenvalue weighted by Crippen LogP contribution is 1.88. The zero-order chi connectivity index (χ0) is 9.68. The lowest BCUT2D eigenvalue weighted by Crippen LogP contribution is -2.01. The second kappa shape index (κ2) is 4.12. The minimum absolute atomic E-state index is 0.205. The van der Waals surface area contributed by atoms with Gasteiger partial charge in [0.15, 0.2) is 0 Å². The van der Waals surface area contributed by atoms with Gasteiger partial charge >= 0.3 is 5.97 Å². The van der Waals surface area contributed by atoms with Gasteiger partial charge < -0.3 is 9.72 Å². The summed E-state index contributed by atoms with van der Waals surface area (Å²) in [6.45, 7) is 0. The third-order valence-corrected chi connectivity index (χ3v) is 1.28. The standard InChI is InChI=1S/C9H7NO3/c1-13-9(12)5-3-7-2-4-8(11)10-6-7/h2,4,6H,1H3,(H,10,11). The number of hydrogen-bond acceptors (Lipinski definition) is 3. The average molecular weight is 177 g/mol. The van der Waals surface area contributed by atoms with Gasteiger partial charge in [0.2, 0.25) is 5.56 Å². The van der Waals surface area contributed by atoms with E-state index in [9.17, 15) is 9.59 Å². The third-order valence-electron chi connectivity index (χ3n) is 1.28. The normalized spacial score (nSPS) is 8.38. The van der Waals surface area contributed by atoms with E-state index in [0.29, 0.717) is 5.56 Å². The number of aromatic amines is 1. The van der Waals surface area contributed by atoms with Crippen LogP contribution in [0.25, 0.3) is 0 Å². The highest BCUT2D eigenvalue weighted by molar-refractivity contribution is 5.88. The van der Waals surface area contributed by atoms with E-state index in [-0.39, 0.29) is 5.56 Å². The van der Waals surface area contributed by atoms with E-state index in [1.54, 1.807) is 0 Å². The number of hydrogen-bond donors (Lipinski definition) is 1. The first-order chi connectivity index (χ1) is 6.22. The molecule has 0 amide bonds. The molecule has 4 heteroatoms. The Labute approximate surface area is 74.5 Å². The molecule has 0 fully saturated rings. The first-order valence-corrected chi connectivity index (χ1v) is 3.51. The maximum absolute atomic E-state index is 10.6. The monoisotopic (exact) mass is 177 g/mol. The van der Waals surface area contributed by atoms with Gasteiger partial charge in [0.25, 0.3) is 0 Å². The minimum Gasteiger partial charge on any atom is -0.459 e. The molecule has 1 N–H and O–H groups in total. The number of carbonyl (C=O) groups excluding carboxylic acids is 1. The van der Waals surface area contributed by atoms with Crippen molar-refractivity contribution in [3.63, 3.8) is 0 Å². The predicted octanol–water partition coefficient (Wildman–Crippen LogP) is -0.101. The molecule has 0 saturated carbocycles. The molecule has 4 nitrogen and oxygen atoms in total. The molecular weight excluding hydrogens is 170 g/mol. The molecule has 0 aliphatic carbocycles. The summed E-state index contributed by atoms with van der Waals surface area (Å²) in [6.07, 6.45) is 1.43. The van der Waals surface area contributed by atoms with Crippen LogP contribution in [0.4, 0.5) is 0 Å². The van der Waals surface area contributed by atoms with Gasteiger partial charge in [-0.3, -0.25) is 4.79 Å². The number of ether oxygens (including phenoxy) is 1. The lowest BCUT2D eigenvalue weighted by Gasteiger charge is -1.87. The summed E-state index contributed by atoms with van der Waals surface area (Å²) in [5, 5.41) is 0. The summed E-state index contributed by atoms with van der Waals surface area (Å²) in [6, 6.07) is 2.86. The van der Waals surface area contributed by atoms with E-state index in [4.69, 9.17) is 0 Å². The Morgan fingerprint density at radius 1 is 1.54 bits per heavy atom. The van der Waals surface area contributed by atoms with E-state index in [2.05, 4.69) is 21.6 Å². The molecular formula is C9H7NO3. The molecule has 1 heterocycles. The number of methoxy groups -OCH3 is 1. The van der Waals surface area contributed by atoms with Gasteiger partial charge in [-0.05, 0) is 6.07 Å². The summed E-state index contributed by atoms with van der Waals surface area (Å²) in [5.41, 5.74) is 0.355. The van der Waals surface area contributed by atoms with Gasteiger partial charge in [-0.2, -0.15) is 0 Å². The molecule has 0 spiro atoms. The van der Waals surface area contributed by atoms with E-state index >= 15 is 0 Å². The van der Waals surface area contributed by atoms with Crippen LogP contribution in [0.2, 0.25) is 0 Å². The Bertz CT molecular complexity index is 402. The molecule has 0 radical (unpaired) electrons. The van der Waals surface area contributed by atoms with Crippen LogP contribution < -0.4 is 5.56 Å². The van der Waals surface area contributed by atoms with Crippen molar-refractivity contribution in [3.8, 4) is 11.8 Å².